The highest BCUT2D eigenvalue weighted by molar-refractivity contribution is 8.02. The Bertz CT molecular complexity index is 902. The highest BCUT2D eigenvalue weighted by atomic mass is 32.2. The molecule has 1 aromatic heterocycles. The number of methoxy groups -OCH3 is 1. The van der Waals surface area contributed by atoms with E-state index in [0.717, 1.165) is 29.4 Å². The van der Waals surface area contributed by atoms with Crippen molar-refractivity contribution < 1.29 is 13.5 Å². The monoisotopic (exact) mass is 407 g/mol. The van der Waals surface area contributed by atoms with E-state index >= 15 is 0 Å². The molecule has 2 N–H and O–H groups in total. The molecule has 2 unspecified atom stereocenters. The van der Waals surface area contributed by atoms with E-state index in [0.29, 0.717) is 5.69 Å². The fourth-order valence-corrected chi connectivity index (χ4v) is 5.54. The number of fused-ring (bicyclic) bond motifs is 1. The lowest BCUT2D eigenvalue weighted by Crippen LogP contribution is -2.37. The van der Waals surface area contributed by atoms with Gasteiger partial charge in [-0.25, -0.2) is 9.19 Å². The minimum Gasteiger partial charge on any atom is -0.499 e. The minimum absolute atomic E-state index is 0.0691. The fourth-order valence-electron chi connectivity index (χ4n) is 3.43. The van der Waals surface area contributed by atoms with Crippen LogP contribution in [0, 0.1) is 0 Å². The molecule has 0 saturated carbocycles. The molecule has 2 heterocycles. The number of thioether (sulfide) groups is 1. The maximum atomic E-state index is 11.0. The number of benzene rings is 1. The lowest BCUT2D eigenvalue weighted by atomic mass is 10.0. The van der Waals surface area contributed by atoms with E-state index in [9.17, 15) is 4.21 Å². The Kier molecular flexibility index (Phi) is 5.42. The first-order chi connectivity index (χ1) is 12.6. The van der Waals surface area contributed by atoms with Crippen LogP contribution in [0.2, 0.25) is 0 Å². The number of anilines is 1. The second kappa shape index (κ2) is 7.33. The van der Waals surface area contributed by atoms with Gasteiger partial charge in [-0.2, -0.15) is 0 Å². The number of imidazole rings is 1. The molecule has 0 fully saturated rings. The molecular formula is C19H25N3O3S2. The largest absolute Gasteiger partial charge is 0.499 e. The van der Waals surface area contributed by atoms with Gasteiger partial charge in [-0.1, -0.05) is 32.9 Å². The Morgan fingerprint density at radius 1 is 1.41 bits per heavy atom. The highest BCUT2D eigenvalue weighted by Crippen LogP contribution is 2.46. The average Bonchev–Trinajstić information content (AvgIpc) is 2.93. The molecule has 8 heteroatoms. The van der Waals surface area contributed by atoms with Crippen LogP contribution in [0.3, 0.4) is 0 Å². The van der Waals surface area contributed by atoms with Gasteiger partial charge in [0.25, 0.3) is 11.3 Å². The highest BCUT2D eigenvalue weighted by Gasteiger charge is 2.40. The normalized spacial score (nSPS) is 20.6. The first kappa shape index (κ1) is 20.0. The number of hydrogen-bond acceptors (Lipinski definition) is 4. The van der Waals surface area contributed by atoms with Crippen LogP contribution in [-0.2, 0) is 22.5 Å². The fraction of sp³-hybridized carbons (Fsp3) is 0.421. The Morgan fingerprint density at radius 2 is 2.15 bits per heavy atom. The van der Waals surface area contributed by atoms with Crippen molar-refractivity contribution in [3.63, 3.8) is 0 Å². The Labute approximate surface area is 166 Å². The van der Waals surface area contributed by atoms with Gasteiger partial charge < -0.3 is 9.30 Å². The van der Waals surface area contributed by atoms with Gasteiger partial charge in [-0.15, -0.1) is 11.8 Å². The molecule has 1 aliphatic heterocycles. The van der Waals surface area contributed by atoms with Crippen molar-refractivity contribution in [2.24, 2.45) is 0 Å². The average molecular weight is 408 g/mol. The number of hydrogen-bond donors (Lipinski definition) is 2. The van der Waals surface area contributed by atoms with Gasteiger partial charge in [-0.3, -0.25) is 9.27 Å². The molecule has 3 rings (SSSR count). The summed E-state index contributed by atoms with van der Waals surface area (Å²) in [6, 6.07) is 7.43. The van der Waals surface area contributed by atoms with Gasteiger partial charge in [0.05, 0.1) is 23.7 Å². The Hall–Kier alpha value is -1.77. The summed E-state index contributed by atoms with van der Waals surface area (Å²) >= 11 is -0.238. The van der Waals surface area contributed by atoms with E-state index in [-0.39, 0.29) is 9.49 Å². The van der Waals surface area contributed by atoms with Gasteiger partial charge in [0, 0.05) is 28.6 Å². The third kappa shape index (κ3) is 4.39. The van der Waals surface area contributed by atoms with Crippen molar-refractivity contribution in [3.05, 3.63) is 42.0 Å². The Morgan fingerprint density at radius 3 is 2.78 bits per heavy atom. The molecule has 0 saturated heterocycles. The van der Waals surface area contributed by atoms with Crippen LogP contribution in [0.25, 0.3) is 17.3 Å². The zero-order chi connectivity index (χ0) is 19.8. The summed E-state index contributed by atoms with van der Waals surface area (Å²) in [5.74, 6) is 1.76. The van der Waals surface area contributed by atoms with Gasteiger partial charge in [0.15, 0.2) is 0 Å². The topological polar surface area (TPSA) is 76.4 Å². The molecule has 1 aliphatic rings. The van der Waals surface area contributed by atoms with Gasteiger partial charge in [0.2, 0.25) is 0 Å². The maximum Gasteiger partial charge on any atom is 0.259 e. The first-order valence-electron chi connectivity index (χ1n) is 8.61. The van der Waals surface area contributed by atoms with Crippen molar-refractivity contribution in [2.45, 2.75) is 43.7 Å². The van der Waals surface area contributed by atoms with Gasteiger partial charge >= 0.3 is 0 Å². The molecule has 0 radical (unpaired) electrons. The Balaban J connectivity index is 2.02. The summed E-state index contributed by atoms with van der Waals surface area (Å²) in [7, 11) is 1.71. The molecule has 6 nitrogen and oxygen atoms in total. The molecule has 27 heavy (non-hydrogen) atoms. The first-order valence-corrected chi connectivity index (χ1v) is 10.5. The van der Waals surface area contributed by atoms with Crippen LogP contribution in [0.4, 0.5) is 5.69 Å². The quantitative estimate of drug-likeness (QED) is 0.719. The summed E-state index contributed by atoms with van der Waals surface area (Å²) < 4.78 is 30.4. The van der Waals surface area contributed by atoms with E-state index in [2.05, 4.69) is 42.0 Å². The van der Waals surface area contributed by atoms with E-state index in [4.69, 9.17) is 9.29 Å². The molecule has 0 aliphatic carbocycles. The minimum atomic E-state index is -2.11. The molecule has 2 aromatic rings. The van der Waals surface area contributed by atoms with Crippen molar-refractivity contribution in [1.29, 1.82) is 0 Å². The number of nitrogens with one attached hydrogen (secondary N) is 1. The predicted octanol–water partition coefficient (Wildman–Crippen LogP) is 4.39. The van der Waals surface area contributed by atoms with Gasteiger partial charge in [-0.05, 0) is 19.1 Å². The number of ether oxygens (including phenoxy) is 1. The zero-order valence-corrected chi connectivity index (χ0v) is 17.8. The SMILES string of the molecule is COC1=Cc2ncc(-c3cccc(NS(=O)O)c3)n2CC1(C)SC(C)(C)C. The molecule has 0 amide bonds. The molecular weight excluding hydrogens is 382 g/mol. The van der Waals surface area contributed by atoms with Gasteiger partial charge in [0.1, 0.15) is 11.6 Å². The molecule has 146 valence electrons. The summed E-state index contributed by atoms with van der Waals surface area (Å²) in [5.41, 5.74) is 2.48. The zero-order valence-electron chi connectivity index (χ0n) is 16.1. The van der Waals surface area contributed by atoms with Crippen molar-refractivity contribution in [3.8, 4) is 11.3 Å². The lowest BCUT2D eigenvalue weighted by Gasteiger charge is -2.39. The van der Waals surface area contributed by atoms with E-state index in [1.807, 2.05) is 42.2 Å². The molecule has 0 bridgehead atoms. The summed E-state index contributed by atoms with van der Waals surface area (Å²) in [6.45, 7) is 9.51. The van der Waals surface area contributed by atoms with Crippen LogP contribution >= 0.6 is 11.8 Å². The third-order valence-corrected chi connectivity index (χ3v) is 6.05. The second-order valence-electron chi connectivity index (χ2n) is 7.68. The van der Waals surface area contributed by atoms with Crippen LogP contribution < -0.4 is 4.72 Å². The van der Waals surface area contributed by atoms with Crippen molar-refractivity contribution >= 4 is 34.8 Å². The molecule has 0 spiro atoms. The number of aromatic nitrogens is 2. The van der Waals surface area contributed by atoms with Crippen LogP contribution in [0.15, 0.2) is 36.2 Å². The lowest BCUT2D eigenvalue weighted by molar-refractivity contribution is 0.249. The van der Waals surface area contributed by atoms with E-state index < -0.39 is 11.3 Å². The maximum absolute atomic E-state index is 11.0. The van der Waals surface area contributed by atoms with E-state index in [1.54, 1.807) is 13.2 Å². The third-order valence-electron chi connectivity index (χ3n) is 4.24. The van der Waals surface area contributed by atoms with Crippen molar-refractivity contribution in [2.75, 3.05) is 11.8 Å². The second-order valence-corrected chi connectivity index (χ2v) is 10.7. The van der Waals surface area contributed by atoms with Crippen molar-refractivity contribution in [1.82, 2.24) is 9.55 Å². The summed E-state index contributed by atoms with van der Waals surface area (Å²) in [4.78, 5) is 4.55. The predicted molar refractivity (Wildman–Crippen MR) is 113 cm³/mol. The van der Waals surface area contributed by atoms with E-state index in [1.165, 1.54) is 0 Å². The summed E-state index contributed by atoms with van der Waals surface area (Å²) in [6.07, 6.45) is 3.83. The number of nitrogens with zero attached hydrogens (tertiary/aromatic N) is 2. The molecule has 2 atom stereocenters. The molecule has 1 aromatic carbocycles. The smallest absolute Gasteiger partial charge is 0.259 e. The number of rotatable bonds is 5. The standard InChI is InChI=1S/C19H25N3O3S2/c1-18(2,3)26-19(4)12-22-15(11-20-17(22)10-16(19)25-5)13-7-6-8-14(9-13)21-27(23)24/h6-11,21H,12H2,1-5H3,(H,23,24). The van der Waals surface area contributed by atoms with Crippen LogP contribution in [0.1, 0.15) is 33.5 Å². The summed E-state index contributed by atoms with van der Waals surface area (Å²) in [5, 5.41) is 0. The van der Waals surface area contributed by atoms with Crippen LogP contribution in [0.5, 0.6) is 0 Å². The van der Waals surface area contributed by atoms with Crippen LogP contribution in [-0.4, -0.2) is 34.9 Å².